The zero-order chi connectivity index (χ0) is 13.7. The van der Waals surface area contributed by atoms with Crippen molar-refractivity contribution in [1.82, 2.24) is 0 Å². The third kappa shape index (κ3) is 4.24. The second kappa shape index (κ2) is 6.57. The Hall–Kier alpha value is -1.55. The molecule has 0 aliphatic carbocycles. The fourth-order valence-corrected chi connectivity index (χ4v) is 2.23. The van der Waals surface area contributed by atoms with E-state index in [0.29, 0.717) is 24.8 Å². The Labute approximate surface area is 114 Å². The third-order valence-corrected chi connectivity index (χ3v) is 3.31. The number of hydrogen-bond acceptors (Lipinski definition) is 4. The molecule has 1 heterocycles. The molecule has 4 nitrogen and oxygen atoms in total. The highest BCUT2D eigenvalue weighted by molar-refractivity contribution is 5.83. The maximum Gasteiger partial charge on any atom is 0.119 e. The van der Waals surface area contributed by atoms with E-state index in [1.807, 2.05) is 24.3 Å². The molecule has 1 aliphatic heterocycles. The minimum Gasteiger partial charge on any atom is -0.491 e. The third-order valence-electron chi connectivity index (χ3n) is 3.31. The second-order valence-corrected chi connectivity index (χ2v) is 5.11. The van der Waals surface area contributed by atoms with Gasteiger partial charge in [0.15, 0.2) is 0 Å². The van der Waals surface area contributed by atoms with Gasteiger partial charge in [-0.15, -0.1) is 0 Å². The van der Waals surface area contributed by atoms with Gasteiger partial charge in [-0.2, -0.15) is 0 Å². The van der Waals surface area contributed by atoms with Crippen LogP contribution in [0.1, 0.15) is 32.3 Å². The molecule has 1 aromatic carbocycles. The lowest BCUT2D eigenvalue weighted by molar-refractivity contribution is 0.0264. The molecule has 2 atom stereocenters. The SMILES string of the molecule is C/C(Cc1ccc(OCC2CCC(C)O2)cc1)=N\O. The zero-order valence-corrected chi connectivity index (χ0v) is 11.5. The van der Waals surface area contributed by atoms with Gasteiger partial charge in [-0.1, -0.05) is 17.3 Å². The molecule has 1 N–H and O–H groups in total. The van der Waals surface area contributed by atoms with Crippen LogP contribution in [-0.2, 0) is 11.2 Å². The number of ether oxygens (including phenoxy) is 2. The molecule has 1 aromatic rings. The van der Waals surface area contributed by atoms with Crippen molar-refractivity contribution < 1.29 is 14.7 Å². The van der Waals surface area contributed by atoms with Gasteiger partial charge in [0.05, 0.1) is 17.9 Å². The highest BCUT2D eigenvalue weighted by Gasteiger charge is 2.22. The minimum absolute atomic E-state index is 0.221. The van der Waals surface area contributed by atoms with Crippen molar-refractivity contribution >= 4 is 5.71 Å². The average molecular weight is 263 g/mol. The van der Waals surface area contributed by atoms with Crippen LogP contribution in [0.2, 0.25) is 0 Å². The lowest BCUT2D eigenvalue weighted by Crippen LogP contribution is -2.17. The summed E-state index contributed by atoms with van der Waals surface area (Å²) in [6.07, 6.45) is 3.42. The van der Waals surface area contributed by atoms with Crippen molar-refractivity contribution in [2.75, 3.05) is 6.61 Å². The van der Waals surface area contributed by atoms with E-state index in [9.17, 15) is 0 Å². The van der Waals surface area contributed by atoms with Crippen LogP contribution in [-0.4, -0.2) is 29.7 Å². The molecule has 19 heavy (non-hydrogen) atoms. The smallest absolute Gasteiger partial charge is 0.119 e. The second-order valence-electron chi connectivity index (χ2n) is 5.11. The van der Waals surface area contributed by atoms with Crippen LogP contribution in [0.4, 0.5) is 0 Å². The average Bonchev–Trinajstić information content (AvgIpc) is 2.83. The molecule has 0 amide bonds. The molecule has 2 rings (SSSR count). The Balaban J connectivity index is 1.81. The summed E-state index contributed by atoms with van der Waals surface area (Å²) < 4.78 is 11.4. The molecular weight excluding hydrogens is 242 g/mol. The first-order valence-corrected chi connectivity index (χ1v) is 6.72. The van der Waals surface area contributed by atoms with E-state index in [1.54, 1.807) is 6.92 Å². The van der Waals surface area contributed by atoms with Crippen LogP contribution in [0.15, 0.2) is 29.4 Å². The number of rotatable bonds is 5. The summed E-state index contributed by atoms with van der Waals surface area (Å²) in [5.41, 5.74) is 1.80. The summed E-state index contributed by atoms with van der Waals surface area (Å²) in [4.78, 5) is 0. The highest BCUT2D eigenvalue weighted by atomic mass is 16.5. The molecule has 0 aromatic heterocycles. The number of nitrogens with zero attached hydrogens (tertiary/aromatic N) is 1. The zero-order valence-electron chi connectivity index (χ0n) is 11.5. The summed E-state index contributed by atoms with van der Waals surface area (Å²) in [6, 6.07) is 7.86. The van der Waals surface area contributed by atoms with Gasteiger partial charge in [-0.3, -0.25) is 0 Å². The number of oxime groups is 1. The molecule has 1 saturated heterocycles. The Morgan fingerprint density at radius 1 is 1.37 bits per heavy atom. The highest BCUT2D eigenvalue weighted by Crippen LogP contribution is 2.20. The van der Waals surface area contributed by atoms with Gasteiger partial charge < -0.3 is 14.7 Å². The lowest BCUT2D eigenvalue weighted by Gasteiger charge is -2.13. The first-order valence-electron chi connectivity index (χ1n) is 6.72. The summed E-state index contributed by atoms with van der Waals surface area (Å²) in [6.45, 7) is 4.50. The maximum atomic E-state index is 8.63. The molecule has 4 heteroatoms. The van der Waals surface area contributed by atoms with Crippen LogP contribution < -0.4 is 4.74 Å². The van der Waals surface area contributed by atoms with Gasteiger partial charge in [-0.25, -0.2) is 0 Å². The normalized spacial score (nSPS) is 23.6. The van der Waals surface area contributed by atoms with Crippen LogP contribution in [0.3, 0.4) is 0 Å². The van der Waals surface area contributed by atoms with Crippen LogP contribution in [0, 0.1) is 0 Å². The molecule has 0 saturated carbocycles. The first kappa shape index (κ1) is 13.9. The number of hydrogen-bond donors (Lipinski definition) is 1. The van der Waals surface area contributed by atoms with Crippen molar-refractivity contribution in [1.29, 1.82) is 0 Å². The van der Waals surface area contributed by atoms with E-state index in [1.165, 1.54) is 0 Å². The van der Waals surface area contributed by atoms with E-state index < -0.39 is 0 Å². The maximum absolute atomic E-state index is 8.63. The van der Waals surface area contributed by atoms with Crippen molar-refractivity contribution in [2.45, 2.75) is 45.3 Å². The van der Waals surface area contributed by atoms with Crippen molar-refractivity contribution in [3.63, 3.8) is 0 Å². The standard InChI is InChI=1S/C15H21NO3/c1-11(16-17)9-13-4-7-14(8-5-13)18-10-15-6-3-12(2)19-15/h4-5,7-8,12,15,17H,3,6,9-10H2,1-2H3/b16-11+. The van der Waals surface area contributed by atoms with Gasteiger partial charge in [-0.05, 0) is 44.4 Å². The Morgan fingerprint density at radius 2 is 2.11 bits per heavy atom. The fourth-order valence-electron chi connectivity index (χ4n) is 2.23. The predicted octanol–water partition coefficient (Wildman–Crippen LogP) is 3.03. The minimum atomic E-state index is 0.221. The summed E-state index contributed by atoms with van der Waals surface area (Å²) in [5.74, 6) is 0.852. The molecule has 1 aliphatic rings. The molecule has 0 bridgehead atoms. The van der Waals surface area contributed by atoms with Crippen molar-refractivity contribution in [3.8, 4) is 5.75 Å². The topological polar surface area (TPSA) is 51.0 Å². The molecule has 1 fully saturated rings. The lowest BCUT2D eigenvalue weighted by atomic mass is 10.1. The van der Waals surface area contributed by atoms with Crippen LogP contribution in [0.25, 0.3) is 0 Å². The van der Waals surface area contributed by atoms with Gasteiger partial charge in [0.25, 0.3) is 0 Å². The van der Waals surface area contributed by atoms with E-state index in [2.05, 4.69) is 12.1 Å². The fraction of sp³-hybridized carbons (Fsp3) is 0.533. The van der Waals surface area contributed by atoms with Gasteiger partial charge in [0, 0.05) is 6.42 Å². The Morgan fingerprint density at radius 3 is 2.68 bits per heavy atom. The van der Waals surface area contributed by atoms with E-state index in [4.69, 9.17) is 14.7 Å². The van der Waals surface area contributed by atoms with Crippen molar-refractivity contribution in [3.05, 3.63) is 29.8 Å². The largest absolute Gasteiger partial charge is 0.491 e. The Kier molecular flexibility index (Phi) is 4.80. The monoisotopic (exact) mass is 263 g/mol. The summed E-state index contributed by atoms with van der Waals surface area (Å²) in [7, 11) is 0. The van der Waals surface area contributed by atoms with E-state index in [-0.39, 0.29) is 6.10 Å². The van der Waals surface area contributed by atoms with Gasteiger partial charge >= 0.3 is 0 Å². The van der Waals surface area contributed by atoms with Crippen molar-refractivity contribution in [2.24, 2.45) is 5.16 Å². The number of benzene rings is 1. The van der Waals surface area contributed by atoms with E-state index in [0.717, 1.165) is 24.2 Å². The molecule has 0 spiro atoms. The van der Waals surface area contributed by atoms with E-state index >= 15 is 0 Å². The van der Waals surface area contributed by atoms with Crippen LogP contribution in [0.5, 0.6) is 5.75 Å². The summed E-state index contributed by atoms with van der Waals surface area (Å²) >= 11 is 0. The van der Waals surface area contributed by atoms with Gasteiger partial charge in [0.1, 0.15) is 12.4 Å². The molecule has 2 unspecified atom stereocenters. The van der Waals surface area contributed by atoms with Crippen LogP contribution >= 0.6 is 0 Å². The first-order chi connectivity index (χ1) is 9.17. The quantitative estimate of drug-likeness (QED) is 0.504. The molecule has 104 valence electrons. The molecule has 0 radical (unpaired) electrons. The predicted molar refractivity (Wildman–Crippen MR) is 74.1 cm³/mol. The Bertz CT molecular complexity index is 428. The van der Waals surface area contributed by atoms with Gasteiger partial charge in [0.2, 0.25) is 0 Å². The molecular formula is C15H21NO3. The summed E-state index contributed by atoms with van der Waals surface area (Å²) in [5, 5.41) is 11.8.